The molecule has 29 heavy (non-hydrogen) atoms. The summed E-state index contributed by atoms with van der Waals surface area (Å²) in [6.45, 7) is 3.92. The van der Waals surface area contributed by atoms with Crippen molar-refractivity contribution in [3.63, 3.8) is 0 Å². The number of carbonyl (C=O) groups excluding carboxylic acids is 1. The molecule has 3 rings (SSSR count). The monoisotopic (exact) mass is 407 g/mol. The fourth-order valence-electron chi connectivity index (χ4n) is 2.76. The van der Waals surface area contributed by atoms with Gasteiger partial charge < -0.3 is 10.4 Å². The molecule has 1 heterocycles. The zero-order valence-electron chi connectivity index (χ0n) is 16.3. The van der Waals surface area contributed by atoms with Crippen LogP contribution in [-0.2, 0) is 17.8 Å². The molecule has 0 fully saturated rings. The van der Waals surface area contributed by atoms with Crippen molar-refractivity contribution < 1.29 is 9.90 Å². The summed E-state index contributed by atoms with van der Waals surface area (Å²) in [5.41, 5.74) is 4.91. The third-order valence-corrected chi connectivity index (χ3v) is 4.44. The molecule has 0 aliphatic carbocycles. The predicted molar refractivity (Wildman–Crippen MR) is 117 cm³/mol. The van der Waals surface area contributed by atoms with Gasteiger partial charge in [-0.1, -0.05) is 53.6 Å². The number of nitrogens with one attached hydrogen (secondary N) is 1. The quantitative estimate of drug-likeness (QED) is 0.609. The zero-order chi connectivity index (χ0) is 20.8. The summed E-state index contributed by atoms with van der Waals surface area (Å²) >= 11 is 5.89. The molecule has 0 saturated heterocycles. The number of halogens is 1. The Morgan fingerprint density at radius 1 is 1.07 bits per heavy atom. The molecule has 6 heteroatoms. The van der Waals surface area contributed by atoms with E-state index in [1.165, 1.54) is 0 Å². The van der Waals surface area contributed by atoms with Gasteiger partial charge in [0.25, 0.3) is 0 Å². The molecule has 2 aromatic carbocycles. The molecular formula is C23H22ClN3O2. The van der Waals surface area contributed by atoms with Crippen LogP contribution in [-0.4, -0.2) is 21.0 Å². The van der Waals surface area contributed by atoms with Crippen molar-refractivity contribution in [2.45, 2.75) is 26.9 Å². The van der Waals surface area contributed by atoms with Gasteiger partial charge in [0.2, 0.25) is 5.91 Å². The molecule has 0 saturated carbocycles. The lowest BCUT2D eigenvalue weighted by Crippen LogP contribution is -2.16. The third-order valence-electron chi connectivity index (χ3n) is 4.19. The average molecular weight is 408 g/mol. The number of anilines is 1. The third kappa shape index (κ3) is 5.73. The summed E-state index contributed by atoms with van der Waals surface area (Å²) in [6, 6.07) is 14.6. The topological polar surface area (TPSA) is 75.1 Å². The fourth-order valence-corrected chi connectivity index (χ4v) is 2.88. The number of benzene rings is 2. The van der Waals surface area contributed by atoms with Gasteiger partial charge in [-0.25, -0.2) is 9.97 Å². The summed E-state index contributed by atoms with van der Waals surface area (Å²) in [5, 5.41) is 12.7. The summed E-state index contributed by atoms with van der Waals surface area (Å²) in [7, 11) is 0. The van der Waals surface area contributed by atoms with Gasteiger partial charge >= 0.3 is 0 Å². The molecule has 148 valence electrons. The van der Waals surface area contributed by atoms with Crippen LogP contribution in [0.4, 0.5) is 5.82 Å². The van der Waals surface area contributed by atoms with Crippen molar-refractivity contribution in [2.75, 3.05) is 5.32 Å². The molecule has 1 aromatic heterocycles. The van der Waals surface area contributed by atoms with Crippen LogP contribution in [0.5, 0.6) is 0 Å². The van der Waals surface area contributed by atoms with Crippen LogP contribution in [0.15, 0.2) is 60.3 Å². The lowest BCUT2D eigenvalue weighted by atomic mass is 10.1. The fraction of sp³-hybridized carbons (Fsp3) is 0.174. The van der Waals surface area contributed by atoms with Gasteiger partial charge in [0, 0.05) is 10.6 Å². The van der Waals surface area contributed by atoms with Gasteiger partial charge in [-0.2, -0.15) is 0 Å². The zero-order valence-corrected chi connectivity index (χ0v) is 17.1. The van der Waals surface area contributed by atoms with E-state index in [2.05, 4.69) is 15.3 Å². The second kappa shape index (κ2) is 9.45. The van der Waals surface area contributed by atoms with E-state index in [4.69, 9.17) is 11.6 Å². The molecule has 3 aromatic rings. The number of nitrogens with zero attached hydrogens (tertiary/aromatic N) is 2. The Labute approximate surface area is 175 Å². The molecule has 2 N–H and O–H groups in total. The highest BCUT2D eigenvalue weighted by atomic mass is 35.5. The van der Waals surface area contributed by atoms with Crippen LogP contribution < -0.4 is 5.32 Å². The lowest BCUT2D eigenvalue weighted by Gasteiger charge is -2.10. The van der Waals surface area contributed by atoms with E-state index in [1.807, 2.05) is 56.3 Å². The van der Waals surface area contributed by atoms with Crippen LogP contribution in [0.1, 0.15) is 30.7 Å². The Hall–Kier alpha value is -3.02. The molecule has 0 spiro atoms. The summed E-state index contributed by atoms with van der Waals surface area (Å²) in [6.07, 6.45) is 3.74. The summed E-state index contributed by atoms with van der Waals surface area (Å²) < 4.78 is 0. The predicted octanol–water partition coefficient (Wildman–Crippen LogP) is 4.89. The largest absolute Gasteiger partial charge is 0.392 e. The smallest absolute Gasteiger partial charge is 0.230 e. The number of allylic oxidation sites excluding steroid dienone is 1. The van der Waals surface area contributed by atoms with E-state index in [-0.39, 0.29) is 18.9 Å². The number of hydrogen-bond donors (Lipinski definition) is 2. The van der Waals surface area contributed by atoms with E-state index >= 15 is 0 Å². The first-order valence-electron chi connectivity index (χ1n) is 9.21. The first-order chi connectivity index (χ1) is 13.9. The summed E-state index contributed by atoms with van der Waals surface area (Å²) in [5.74, 6) is 0.242. The maximum absolute atomic E-state index is 12.5. The minimum absolute atomic E-state index is 0.00638. The second-order valence-corrected chi connectivity index (χ2v) is 7.35. The number of carbonyl (C=O) groups is 1. The van der Waals surface area contributed by atoms with Gasteiger partial charge in [0.15, 0.2) is 5.82 Å². The van der Waals surface area contributed by atoms with Crippen molar-refractivity contribution in [3.05, 3.63) is 82.1 Å². The molecule has 0 radical (unpaired) electrons. The van der Waals surface area contributed by atoms with Crippen LogP contribution in [0.3, 0.4) is 0 Å². The van der Waals surface area contributed by atoms with Crippen molar-refractivity contribution >= 4 is 29.4 Å². The van der Waals surface area contributed by atoms with Gasteiger partial charge in [0.1, 0.15) is 5.69 Å². The van der Waals surface area contributed by atoms with E-state index in [0.717, 1.165) is 22.3 Å². The van der Waals surface area contributed by atoms with Crippen molar-refractivity contribution in [2.24, 2.45) is 0 Å². The molecular weight excluding hydrogens is 386 g/mol. The minimum Gasteiger partial charge on any atom is -0.392 e. The Morgan fingerprint density at radius 3 is 2.34 bits per heavy atom. The maximum atomic E-state index is 12.5. The number of aliphatic hydroxyl groups excluding tert-OH is 1. The summed E-state index contributed by atoms with van der Waals surface area (Å²) in [4.78, 5) is 21.6. The van der Waals surface area contributed by atoms with Crippen molar-refractivity contribution in [3.8, 4) is 11.3 Å². The van der Waals surface area contributed by atoms with Crippen LogP contribution in [0.25, 0.3) is 17.3 Å². The average Bonchev–Trinajstić information content (AvgIpc) is 2.71. The second-order valence-electron chi connectivity index (χ2n) is 6.92. The Balaban J connectivity index is 1.84. The molecule has 0 bridgehead atoms. The van der Waals surface area contributed by atoms with Gasteiger partial charge in [-0.15, -0.1) is 0 Å². The maximum Gasteiger partial charge on any atom is 0.230 e. The molecule has 0 aliphatic heterocycles. The Morgan fingerprint density at radius 2 is 1.72 bits per heavy atom. The number of aliphatic hydroxyl groups is 1. The highest BCUT2D eigenvalue weighted by Gasteiger charge is 2.12. The number of hydrogen-bond acceptors (Lipinski definition) is 4. The van der Waals surface area contributed by atoms with E-state index < -0.39 is 0 Å². The van der Waals surface area contributed by atoms with Gasteiger partial charge in [-0.05, 0) is 43.2 Å². The first-order valence-corrected chi connectivity index (χ1v) is 9.59. The normalized spacial score (nSPS) is 10.5. The lowest BCUT2D eigenvalue weighted by molar-refractivity contribution is -0.115. The SMILES string of the molecule is CC(C)=Cc1nc(-c2ccc(CO)cc2)cnc1NC(=O)Cc1ccc(Cl)cc1. The van der Waals surface area contributed by atoms with Crippen molar-refractivity contribution in [1.29, 1.82) is 0 Å². The van der Waals surface area contributed by atoms with Gasteiger partial charge in [-0.3, -0.25) is 4.79 Å². The number of rotatable bonds is 6. The number of aromatic nitrogens is 2. The Bertz CT molecular complexity index is 1020. The van der Waals surface area contributed by atoms with Crippen LogP contribution in [0.2, 0.25) is 5.02 Å². The molecule has 0 aliphatic rings. The van der Waals surface area contributed by atoms with E-state index in [0.29, 0.717) is 22.2 Å². The highest BCUT2D eigenvalue weighted by Crippen LogP contribution is 2.22. The molecule has 0 unspecified atom stereocenters. The van der Waals surface area contributed by atoms with E-state index in [1.54, 1.807) is 18.3 Å². The Kier molecular flexibility index (Phi) is 6.75. The highest BCUT2D eigenvalue weighted by molar-refractivity contribution is 6.30. The standard InChI is InChI=1S/C23H22ClN3O2/c1-15(2)11-20-23(27-22(29)12-16-5-9-19(24)10-6-16)25-13-21(26-20)18-7-3-17(14-28)4-8-18/h3-11,13,28H,12,14H2,1-2H3,(H,25,27,29). The first kappa shape index (κ1) is 20.7. The molecule has 0 atom stereocenters. The van der Waals surface area contributed by atoms with Crippen molar-refractivity contribution in [1.82, 2.24) is 9.97 Å². The molecule has 5 nitrogen and oxygen atoms in total. The number of amides is 1. The van der Waals surface area contributed by atoms with Crippen LogP contribution in [0, 0.1) is 0 Å². The minimum atomic E-state index is -0.176. The van der Waals surface area contributed by atoms with Gasteiger partial charge in [0.05, 0.1) is 24.9 Å². The van der Waals surface area contributed by atoms with Crippen LogP contribution >= 0.6 is 11.6 Å². The molecule has 1 amide bonds. The van der Waals surface area contributed by atoms with E-state index in [9.17, 15) is 9.90 Å².